The molecule has 7 nitrogen and oxygen atoms in total. The molecule has 0 aromatic carbocycles. The van der Waals surface area contributed by atoms with E-state index < -0.39 is 0 Å². The van der Waals surface area contributed by atoms with Crippen molar-refractivity contribution in [3.8, 4) is 0 Å². The molecule has 2 amide bonds. The van der Waals surface area contributed by atoms with Crippen molar-refractivity contribution in [3.05, 3.63) is 40.6 Å². The fraction of sp³-hybridized carbons (Fsp3) is 0.438. The number of hydrogen-bond donors (Lipinski definition) is 2. The number of nitrogens with zero attached hydrogens (tertiary/aromatic N) is 3. The highest BCUT2D eigenvalue weighted by Crippen LogP contribution is 2.21. The summed E-state index contributed by atoms with van der Waals surface area (Å²) < 4.78 is 1.94. The zero-order valence-corrected chi connectivity index (χ0v) is 14.4. The number of rotatable bonds is 5. The van der Waals surface area contributed by atoms with Crippen molar-refractivity contribution in [1.29, 1.82) is 0 Å². The van der Waals surface area contributed by atoms with Gasteiger partial charge in [0.2, 0.25) is 5.91 Å². The van der Waals surface area contributed by atoms with Crippen molar-refractivity contribution in [2.45, 2.75) is 12.5 Å². The highest BCUT2D eigenvalue weighted by molar-refractivity contribution is 7.12. The van der Waals surface area contributed by atoms with Gasteiger partial charge in [0.25, 0.3) is 5.91 Å². The normalized spacial score (nSPS) is 17.7. The molecule has 2 aromatic heterocycles. The van der Waals surface area contributed by atoms with Gasteiger partial charge in [0.1, 0.15) is 11.9 Å². The van der Waals surface area contributed by atoms with Crippen molar-refractivity contribution in [2.24, 2.45) is 7.05 Å². The quantitative estimate of drug-likeness (QED) is 0.838. The lowest BCUT2D eigenvalue weighted by Gasteiger charge is -2.35. The summed E-state index contributed by atoms with van der Waals surface area (Å²) in [6.45, 7) is 2.45. The highest BCUT2D eigenvalue weighted by Gasteiger charge is 2.30. The predicted molar refractivity (Wildman–Crippen MR) is 91.8 cm³/mol. The number of aromatic nitrogens is 2. The Morgan fingerprint density at radius 3 is 3.08 bits per heavy atom. The maximum absolute atomic E-state index is 12.6. The van der Waals surface area contributed by atoms with E-state index in [0.717, 1.165) is 12.4 Å². The lowest BCUT2D eigenvalue weighted by atomic mass is 10.1. The van der Waals surface area contributed by atoms with E-state index in [0.29, 0.717) is 24.5 Å². The first-order valence-corrected chi connectivity index (χ1v) is 8.84. The number of hydrogen-bond acceptors (Lipinski definition) is 5. The molecule has 8 heteroatoms. The predicted octanol–water partition coefficient (Wildman–Crippen LogP) is 0.775. The van der Waals surface area contributed by atoms with Gasteiger partial charge in [0.05, 0.1) is 4.88 Å². The van der Waals surface area contributed by atoms with Crippen molar-refractivity contribution >= 4 is 23.2 Å². The van der Waals surface area contributed by atoms with Crippen LogP contribution in [0.3, 0.4) is 0 Å². The molecular formula is C16H21N5O2S. The van der Waals surface area contributed by atoms with Crippen LogP contribution in [0, 0.1) is 0 Å². The number of piperazine rings is 1. The molecule has 0 saturated carbocycles. The molecular weight excluding hydrogens is 326 g/mol. The summed E-state index contributed by atoms with van der Waals surface area (Å²) in [5.41, 5.74) is 0. The topological polar surface area (TPSA) is 79.3 Å². The number of carbonyl (C=O) groups excluding carboxylic acids is 2. The average molecular weight is 347 g/mol. The van der Waals surface area contributed by atoms with Gasteiger partial charge in [-0.1, -0.05) is 6.07 Å². The molecule has 0 bridgehead atoms. The van der Waals surface area contributed by atoms with E-state index in [1.807, 2.05) is 34.2 Å². The standard InChI is InChI=1S/C16H21N5O2S/c1-20-8-7-18-15(20)12-11-17-6-9-21(12)14(22)4-5-19-16(23)13-3-2-10-24-13/h2-3,7-8,10,12,17H,4-6,9,11H2,1H3,(H,19,23). The largest absolute Gasteiger partial charge is 0.351 e. The maximum atomic E-state index is 12.6. The third-order valence-corrected chi connectivity index (χ3v) is 4.96. The molecule has 1 aliphatic rings. The van der Waals surface area contributed by atoms with Crippen LogP contribution < -0.4 is 10.6 Å². The van der Waals surface area contributed by atoms with E-state index in [1.54, 1.807) is 12.3 Å². The molecule has 0 aliphatic carbocycles. The van der Waals surface area contributed by atoms with Gasteiger partial charge in [-0.15, -0.1) is 11.3 Å². The number of nitrogens with one attached hydrogen (secondary N) is 2. The maximum Gasteiger partial charge on any atom is 0.261 e. The summed E-state index contributed by atoms with van der Waals surface area (Å²) in [5, 5.41) is 7.98. The fourth-order valence-corrected chi connectivity index (χ4v) is 3.49. The lowest BCUT2D eigenvalue weighted by molar-refractivity contribution is -0.134. The Morgan fingerprint density at radius 2 is 2.38 bits per heavy atom. The summed E-state index contributed by atoms with van der Waals surface area (Å²) in [4.78, 5) is 31.4. The molecule has 1 atom stereocenters. The Bertz CT molecular complexity index is 697. The van der Waals surface area contributed by atoms with Gasteiger partial charge in [0, 0.05) is 52.0 Å². The third kappa shape index (κ3) is 3.65. The molecule has 1 fully saturated rings. The van der Waals surface area contributed by atoms with Crippen LogP contribution in [-0.4, -0.2) is 52.4 Å². The molecule has 1 unspecified atom stereocenters. The number of thiophene rings is 1. The first-order valence-electron chi connectivity index (χ1n) is 7.96. The zero-order valence-electron chi connectivity index (χ0n) is 13.6. The summed E-state index contributed by atoms with van der Waals surface area (Å²) in [7, 11) is 1.93. The van der Waals surface area contributed by atoms with Crippen molar-refractivity contribution in [3.63, 3.8) is 0 Å². The molecule has 3 heterocycles. The third-order valence-electron chi connectivity index (χ3n) is 4.09. The van der Waals surface area contributed by atoms with Crippen molar-refractivity contribution in [1.82, 2.24) is 25.1 Å². The number of carbonyl (C=O) groups is 2. The number of imidazole rings is 1. The average Bonchev–Trinajstić information content (AvgIpc) is 3.26. The van der Waals surface area contributed by atoms with E-state index in [4.69, 9.17) is 0 Å². The zero-order chi connectivity index (χ0) is 16.9. The van der Waals surface area contributed by atoms with Crippen LogP contribution in [0.2, 0.25) is 0 Å². The molecule has 2 aromatic rings. The van der Waals surface area contributed by atoms with Gasteiger partial charge < -0.3 is 20.1 Å². The van der Waals surface area contributed by atoms with Gasteiger partial charge in [0.15, 0.2) is 0 Å². The summed E-state index contributed by atoms with van der Waals surface area (Å²) in [6, 6.07) is 3.54. The van der Waals surface area contributed by atoms with Crippen LogP contribution in [-0.2, 0) is 11.8 Å². The lowest BCUT2D eigenvalue weighted by Crippen LogP contribution is -2.50. The van der Waals surface area contributed by atoms with Crippen LogP contribution in [0.4, 0.5) is 0 Å². The first-order chi connectivity index (χ1) is 11.7. The smallest absolute Gasteiger partial charge is 0.261 e. The molecule has 1 aliphatic heterocycles. The van der Waals surface area contributed by atoms with Crippen LogP contribution in [0.15, 0.2) is 29.9 Å². The minimum Gasteiger partial charge on any atom is -0.351 e. The van der Waals surface area contributed by atoms with Crippen molar-refractivity contribution in [2.75, 3.05) is 26.2 Å². The highest BCUT2D eigenvalue weighted by atomic mass is 32.1. The van der Waals surface area contributed by atoms with Crippen LogP contribution in [0.5, 0.6) is 0 Å². The second-order valence-electron chi connectivity index (χ2n) is 5.69. The minimum atomic E-state index is -0.126. The molecule has 128 valence electrons. The van der Waals surface area contributed by atoms with Crippen LogP contribution >= 0.6 is 11.3 Å². The van der Waals surface area contributed by atoms with E-state index in [1.165, 1.54) is 11.3 Å². The van der Waals surface area contributed by atoms with Gasteiger partial charge in [-0.3, -0.25) is 9.59 Å². The first kappa shape index (κ1) is 16.7. The summed E-state index contributed by atoms with van der Waals surface area (Å²) in [6.07, 6.45) is 3.92. The fourth-order valence-electron chi connectivity index (χ4n) is 2.85. The molecule has 1 saturated heterocycles. The monoisotopic (exact) mass is 347 g/mol. The Kier molecular flexibility index (Phi) is 5.27. The number of amides is 2. The second kappa shape index (κ2) is 7.59. The molecule has 0 spiro atoms. The van der Waals surface area contributed by atoms with Gasteiger partial charge in [-0.05, 0) is 11.4 Å². The van der Waals surface area contributed by atoms with Gasteiger partial charge in [-0.2, -0.15) is 0 Å². The van der Waals surface area contributed by atoms with E-state index in [2.05, 4.69) is 15.6 Å². The van der Waals surface area contributed by atoms with Crippen LogP contribution in [0.1, 0.15) is 28.0 Å². The number of aryl methyl sites for hydroxylation is 1. The second-order valence-corrected chi connectivity index (χ2v) is 6.63. The van der Waals surface area contributed by atoms with Gasteiger partial charge in [-0.25, -0.2) is 4.98 Å². The van der Waals surface area contributed by atoms with E-state index in [9.17, 15) is 9.59 Å². The Morgan fingerprint density at radius 1 is 1.50 bits per heavy atom. The van der Waals surface area contributed by atoms with Crippen LogP contribution in [0.25, 0.3) is 0 Å². The molecule has 0 radical (unpaired) electrons. The van der Waals surface area contributed by atoms with Gasteiger partial charge >= 0.3 is 0 Å². The van der Waals surface area contributed by atoms with E-state index >= 15 is 0 Å². The Labute approximate surface area is 144 Å². The summed E-state index contributed by atoms with van der Waals surface area (Å²) in [5.74, 6) is 0.785. The van der Waals surface area contributed by atoms with Crippen molar-refractivity contribution < 1.29 is 9.59 Å². The molecule has 2 N–H and O–H groups in total. The Balaban J connectivity index is 1.56. The Hall–Kier alpha value is -2.19. The molecule has 3 rings (SSSR count). The van der Waals surface area contributed by atoms with E-state index in [-0.39, 0.29) is 24.3 Å². The minimum absolute atomic E-state index is 0.0379. The summed E-state index contributed by atoms with van der Waals surface area (Å²) >= 11 is 1.39. The SMILES string of the molecule is Cn1ccnc1C1CNCCN1C(=O)CCNC(=O)c1cccs1. The molecule has 24 heavy (non-hydrogen) atoms.